The molecule has 9 nitrogen and oxygen atoms in total. The Balaban J connectivity index is 4.08. The number of hydrogen-bond acceptors (Lipinski definition) is 8. The molecule has 0 saturated heterocycles. The monoisotopic (exact) mass is 1120 g/mol. The quantitative estimate of drug-likeness (QED) is 0.0195. The fourth-order valence-electron chi connectivity index (χ4n) is 10.4. The van der Waals surface area contributed by atoms with E-state index in [9.17, 15) is 19.5 Å². The maximum atomic E-state index is 12.9. The van der Waals surface area contributed by atoms with Crippen LogP contribution in [0.4, 0.5) is 0 Å². The Labute approximate surface area is 490 Å². The predicted molar refractivity (Wildman–Crippen MR) is 334 cm³/mol. The minimum Gasteiger partial charge on any atom is -0.545 e. The van der Waals surface area contributed by atoms with Crippen LogP contribution in [0.2, 0.25) is 0 Å². The molecule has 0 spiro atoms. The van der Waals surface area contributed by atoms with Gasteiger partial charge < -0.3 is 33.3 Å². The molecule has 2 unspecified atom stereocenters. The number of allylic oxidation sites excluding steroid dienone is 4. The van der Waals surface area contributed by atoms with Crippen molar-refractivity contribution in [2.75, 3.05) is 47.5 Å². The van der Waals surface area contributed by atoms with Gasteiger partial charge in [0.1, 0.15) is 13.2 Å². The van der Waals surface area contributed by atoms with E-state index in [1.165, 1.54) is 283 Å². The Kier molecular flexibility index (Phi) is 60.1. The second kappa shape index (κ2) is 61.8. The molecule has 0 bridgehead atoms. The molecule has 0 rings (SSSR count). The number of carboxylic acids is 1. The first-order valence-electron chi connectivity index (χ1n) is 34.5. The van der Waals surface area contributed by atoms with Crippen molar-refractivity contribution in [1.29, 1.82) is 0 Å². The number of carboxylic acid groups (broad SMARTS) is 1. The molecule has 466 valence electrons. The third-order valence-corrected chi connectivity index (χ3v) is 15.7. The summed E-state index contributed by atoms with van der Waals surface area (Å²) in [6.45, 7) is 4.82. The van der Waals surface area contributed by atoms with Crippen LogP contribution < -0.4 is 5.11 Å². The number of rotatable bonds is 65. The molecular weight excluding hydrogens is 983 g/mol. The van der Waals surface area contributed by atoms with Gasteiger partial charge >= 0.3 is 11.9 Å². The summed E-state index contributed by atoms with van der Waals surface area (Å²) in [5, 5.41) is 11.8. The number of nitrogens with zero attached hydrogens (tertiary/aromatic N) is 1. The summed E-state index contributed by atoms with van der Waals surface area (Å²) in [5.41, 5.74) is 0. The first kappa shape index (κ1) is 76.8. The van der Waals surface area contributed by atoms with Gasteiger partial charge in [-0.15, -0.1) is 0 Å². The molecule has 0 amide bonds. The highest BCUT2D eigenvalue weighted by Gasteiger charge is 2.22. The van der Waals surface area contributed by atoms with Crippen LogP contribution in [0.25, 0.3) is 0 Å². The van der Waals surface area contributed by atoms with Gasteiger partial charge in [0.05, 0.1) is 40.3 Å². The zero-order valence-corrected chi connectivity index (χ0v) is 53.3. The van der Waals surface area contributed by atoms with Crippen LogP contribution in [0.3, 0.4) is 0 Å². The van der Waals surface area contributed by atoms with Gasteiger partial charge in [-0.05, 0) is 64.2 Å². The molecule has 2 atom stereocenters. The third-order valence-electron chi connectivity index (χ3n) is 15.7. The maximum Gasteiger partial charge on any atom is 0.306 e. The molecule has 0 aromatic carbocycles. The lowest BCUT2D eigenvalue weighted by atomic mass is 10.0. The summed E-state index contributed by atoms with van der Waals surface area (Å²) < 4.78 is 22.8. The number of esters is 2. The lowest BCUT2D eigenvalue weighted by Gasteiger charge is -2.26. The van der Waals surface area contributed by atoms with Gasteiger partial charge in [-0.25, -0.2) is 0 Å². The standard InChI is InChI=1S/C70H133NO8/c1-6-8-10-12-14-16-18-20-22-24-26-28-30-32-33-34-35-37-39-41-43-45-47-49-51-53-55-57-59-61-68(73)79-66(65-78-70(69(74)75)76-63-62-71(3,4)5)64-77-67(72)60-58-56-54-52-50-48-46-44-42-40-38-36-31-29-27-25-23-21-19-17-15-13-11-9-7-2/h24-27,66,70H,6-23,28-65H2,1-5H3/b26-24-,27-25-. The molecule has 0 aliphatic carbocycles. The van der Waals surface area contributed by atoms with Gasteiger partial charge in [0.15, 0.2) is 12.4 Å². The number of carbonyl (C=O) groups is 3. The van der Waals surface area contributed by atoms with E-state index in [2.05, 4.69) is 38.2 Å². The highest BCUT2D eigenvalue weighted by atomic mass is 16.7. The minimum absolute atomic E-state index is 0.151. The average Bonchev–Trinajstić information content (AvgIpc) is 3.42. The molecule has 9 heteroatoms. The van der Waals surface area contributed by atoms with E-state index >= 15 is 0 Å². The highest BCUT2D eigenvalue weighted by molar-refractivity contribution is 5.70. The van der Waals surface area contributed by atoms with Gasteiger partial charge in [-0.3, -0.25) is 9.59 Å². The SMILES string of the molecule is CCCCCCCCCC/C=C\CCCCCCCCCCCCCCCCCCCC(=O)OC(COC(=O)CCCCCCCCCCCCCCC/C=C\CCCCCCCCCC)COC(OCC[N+](C)(C)C)C(=O)[O-]. The van der Waals surface area contributed by atoms with Crippen molar-refractivity contribution in [2.24, 2.45) is 0 Å². The van der Waals surface area contributed by atoms with Gasteiger partial charge in [0.25, 0.3) is 0 Å². The largest absolute Gasteiger partial charge is 0.545 e. The van der Waals surface area contributed by atoms with Crippen LogP contribution in [0.1, 0.15) is 348 Å². The van der Waals surface area contributed by atoms with E-state index in [-0.39, 0.29) is 32.2 Å². The predicted octanol–water partition coefficient (Wildman–Crippen LogP) is 19.7. The lowest BCUT2D eigenvalue weighted by Crippen LogP contribution is -2.44. The number of hydrogen-bond donors (Lipinski definition) is 0. The normalized spacial score (nSPS) is 12.8. The summed E-state index contributed by atoms with van der Waals surface area (Å²) in [7, 11) is 5.94. The van der Waals surface area contributed by atoms with Crippen LogP contribution >= 0.6 is 0 Å². The number of aliphatic carboxylic acids is 1. The first-order valence-corrected chi connectivity index (χ1v) is 34.5. The number of carbonyl (C=O) groups excluding carboxylic acids is 3. The molecule has 0 saturated carbocycles. The molecule has 0 aromatic rings. The van der Waals surface area contributed by atoms with E-state index in [4.69, 9.17) is 18.9 Å². The fraction of sp³-hybridized carbons (Fsp3) is 0.900. The van der Waals surface area contributed by atoms with Gasteiger partial charge in [0, 0.05) is 12.8 Å². The second-order valence-corrected chi connectivity index (χ2v) is 24.8. The number of ether oxygens (including phenoxy) is 4. The van der Waals surface area contributed by atoms with Gasteiger partial charge in [-0.2, -0.15) is 0 Å². The topological polar surface area (TPSA) is 111 Å². The Bertz CT molecular complexity index is 1340. The molecule has 0 heterocycles. The Morgan fingerprint density at radius 1 is 0.367 bits per heavy atom. The van der Waals surface area contributed by atoms with Crippen molar-refractivity contribution in [3.8, 4) is 0 Å². The third kappa shape index (κ3) is 63.2. The molecule has 0 fully saturated rings. The summed E-state index contributed by atoms with van der Waals surface area (Å²) in [6.07, 6.45) is 72.6. The summed E-state index contributed by atoms with van der Waals surface area (Å²) >= 11 is 0. The number of unbranched alkanes of at least 4 members (excludes halogenated alkanes) is 46. The molecular formula is C70H133NO8. The Morgan fingerprint density at radius 3 is 0.937 bits per heavy atom. The van der Waals surface area contributed by atoms with E-state index in [1.54, 1.807) is 0 Å². The van der Waals surface area contributed by atoms with E-state index in [0.29, 0.717) is 17.4 Å². The first-order chi connectivity index (χ1) is 38.6. The van der Waals surface area contributed by atoms with Gasteiger partial charge in [-0.1, -0.05) is 295 Å². The van der Waals surface area contributed by atoms with E-state index in [0.717, 1.165) is 38.5 Å². The van der Waals surface area contributed by atoms with Crippen LogP contribution in [0.5, 0.6) is 0 Å². The van der Waals surface area contributed by atoms with Crippen LogP contribution in [0.15, 0.2) is 24.3 Å². The van der Waals surface area contributed by atoms with Crippen LogP contribution in [0, 0.1) is 0 Å². The Hall–Kier alpha value is -2.23. The summed E-state index contributed by atoms with van der Waals surface area (Å²) in [6, 6.07) is 0. The van der Waals surface area contributed by atoms with Crippen molar-refractivity contribution >= 4 is 17.9 Å². The molecule has 0 N–H and O–H groups in total. The van der Waals surface area contributed by atoms with Crippen molar-refractivity contribution in [3.63, 3.8) is 0 Å². The van der Waals surface area contributed by atoms with E-state index in [1.807, 2.05) is 21.1 Å². The highest BCUT2D eigenvalue weighted by Crippen LogP contribution is 2.18. The average molecular weight is 1120 g/mol. The fourth-order valence-corrected chi connectivity index (χ4v) is 10.4. The molecule has 0 aliphatic heterocycles. The smallest absolute Gasteiger partial charge is 0.306 e. The lowest BCUT2D eigenvalue weighted by molar-refractivity contribution is -0.870. The minimum atomic E-state index is -1.62. The zero-order chi connectivity index (χ0) is 57.6. The molecule has 0 radical (unpaired) electrons. The molecule has 0 aliphatic rings. The number of likely N-dealkylation sites (N-methyl/N-ethyl adjacent to an activating group) is 1. The van der Waals surface area contributed by atoms with Gasteiger partial charge in [0.2, 0.25) is 0 Å². The maximum absolute atomic E-state index is 12.9. The van der Waals surface area contributed by atoms with Crippen LogP contribution in [-0.4, -0.2) is 82.3 Å². The van der Waals surface area contributed by atoms with Crippen molar-refractivity contribution in [3.05, 3.63) is 24.3 Å². The Morgan fingerprint density at radius 2 is 0.646 bits per heavy atom. The number of quaternary nitrogens is 1. The van der Waals surface area contributed by atoms with Crippen molar-refractivity contribution in [2.45, 2.75) is 360 Å². The van der Waals surface area contributed by atoms with E-state index < -0.39 is 24.3 Å². The van der Waals surface area contributed by atoms with Crippen LogP contribution in [-0.2, 0) is 33.3 Å². The summed E-state index contributed by atoms with van der Waals surface area (Å²) in [4.78, 5) is 37.5. The summed E-state index contributed by atoms with van der Waals surface area (Å²) in [5.74, 6) is -2.25. The molecule has 79 heavy (non-hydrogen) atoms. The molecule has 0 aromatic heterocycles. The van der Waals surface area contributed by atoms with Crippen molar-refractivity contribution in [1.82, 2.24) is 0 Å². The van der Waals surface area contributed by atoms with Crippen molar-refractivity contribution < 1.29 is 42.9 Å². The second-order valence-electron chi connectivity index (χ2n) is 24.8. The zero-order valence-electron chi connectivity index (χ0n) is 53.3.